The van der Waals surface area contributed by atoms with Crippen LogP contribution in [0.25, 0.3) is 0 Å². The Morgan fingerprint density at radius 1 is 1.29 bits per heavy atom. The van der Waals surface area contributed by atoms with Crippen LogP contribution in [0.3, 0.4) is 0 Å². The number of benzene rings is 1. The minimum Gasteiger partial charge on any atom is -0.493 e. The van der Waals surface area contributed by atoms with Crippen LogP contribution in [0.4, 0.5) is 10.1 Å². The number of anilines is 1. The zero-order valence-corrected chi connectivity index (χ0v) is 12.7. The molecule has 4 nitrogen and oxygen atoms in total. The molecule has 1 heterocycles. The van der Waals surface area contributed by atoms with Gasteiger partial charge in [-0.05, 0) is 31.9 Å². The van der Waals surface area contributed by atoms with Crippen molar-refractivity contribution < 1.29 is 13.9 Å². The summed E-state index contributed by atoms with van der Waals surface area (Å²) in [7, 11) is 0. The van der Waals surface area contributed by atoms with Crippen LogP contribution in [0.15, 0.2) is 18.2 Å². The summed E-state index contributed by atoms with van der Waals surface area (Å²) in [6, 6.07) is 5.33. The maximum absolute atomic E-state index is 14.2. The van der Waals surface area contributed by atoms with Crippen molar-refractivity contribution in [3.63, 3.8) is 0 Å². The second-order valence-corrected chi connectivity index (χ2v) is 5.34. The van der Waals surface area contributed by atoms with Crippen LogP contribution in [0.2, 0.25) is 0 Å². The van der Waals surface area contributed by atoms with Gasteiger partial charge in [0.15, 0.2) is 0 Å². The Hall–Kier alpha value is -1.33. The van der Waals surface area contributed by atoms with Crippen LogP contribution in [0.5, 0.6) is 5.75 Å². The monoisotopic (exact) mass is 296 g/mol. The van der Waals surface area contributed by atoms with Crippen molar-refractivity contribution in [2.75, 3.05) is 37.8 Å². The number of piperidine rings is 1. The van der Waals surface area contributed by atoms with Gasteiger partial charge in [-0.2, -0.15) is 0 Å². The smallest absolute Gasteiger partial charge is 0.150 e. The molecule has 1 fully saturated rings. The molecule has 0 unspecified atom stereocenters. The summed E-state index contributed by atoms with van der Waals surface area (Å²) in [5.74, 6) is 0.342. The number of rotatable bonds is 7. The number of nitrogens with two attached hydrogens (primary N) is 1. The van der Waals surface area contributed by atoms with E-state index in [1.165, 1.54) is 6.07 Å². The molecule has 0 radical (unpaired) electrons. The van der Waals surface area contributed by atoms with E-state index in [1.807, 2.05) is 13.0 Å². The predicted octanol–water partition coefficient (Wildman–Crippen LogP) is 2.56. The largest absolute Gasteiger partial charge is 0.493 e. The normalized spacial score (nSPS) is 16.2. The molecule has 1 saturated heterocycles. The Bertz CT molecular complexity index is 434. The zero-order chi connectivity index (χ0) is 15.1. The first-order valence-electron chi connectivity index (χ1n) is 7.71. The molecule has 0 aliphatic carbocycles. The predicted molar refractivity (Wildman–Crippen MR) is 82.4 cm³/mol. The Kier molecular flexibility index (Phi) is 6.26. The Morgan fingerprint density at radius 2 is 2.05 bits per heavy atom. The summed E-state index contributed by atoms with van der Waals surface area (Å²) in [5, 5.41) is 0. The van der Waals surface area contributed by atoms with Gasteiger partial charge in [-0.15, -0.1) is 0 Å². The highest BCUT2D eigenvalue weighted by Gasteiger charge is 2.19. The van der Waals surface area contributed by atoms with Crippen molar-refractivity contribution in [1.82, 2.24) is 0 Å². The lowest BCUT2D eigenvalue weighted by Crippen LogP contribution is -2.40. The topological polar surface area (TPSA) is 47.7 Å². The van der Waals surface area contributed by atoms with Crippen LogP contribution in [0, 0.1) is 5.82 Å². The third kappa shape index (κ3) is 4.86. The lowest BCUT2D eigenvalue weighted by atomic mass is 10.1. The maximum atomic E-state index is 14.2. The number of nitrogens with zero attached hydrogens (tertiary/aromatic N) is 1. The first-order chi connectivity index (χ1) is 10.2. The molecule has 118 valence electrons. The lowest BCUT2D eigenvalue weighted by molar-refractivity contribution is 0.131. The molecule has 0 spiro atoms. The van der Waals surface area contributed by atoms with Gasteiger partial charge in [0.25, 0.3) is 0 Å². The highest BCUT2D eigenvalue weighted by Crippen LogP contribution is 2.26. The molecule has 0 amide bonds. The van der Waals surface area contributed by atoms with Crippen molar-refractivity contribution in [3.05, 3.63) is 24.0 Å². The molecule has 1 aromatic rings. The van der Waals surface area contributed by atoms with Crippen LogP contribution >= 0.6 is 0 Å². The van der Waals surface area contributed by atoms with E-state index in [4.69, 9.17) is 15.2 Å². The Labute approximate surface area is 126 Å². The van der Waals surface area contributed by atoms with Gasteiger partial charge >= 0.3 is 0 Å². The van der Waals surface area contributed by atoms with Crippen molar-refractivity contribution in [3.8, 4) is 5.75 Å². The highest BCUT2D eigenvalue weighted by molar-refractivity contribution is 5.51. The number of halogens is 1. The van der Waals surface area contributed by atoms with Crippen LogP contribution in [-0.4, -0.2) is 39.0 Å². The van der Waals surface area contributed by atoms with E-state index in [2.05, 4.69) is 4.90 Å². The van der Waals surface area contributed by atoms with Crippen LogP contribution in [-0.2, 0) is 4.74 Å². The van der Waals surface area contributed by atoms with Crippen LogP contribution in [0.1, 0.15) is 26.2 Å². The SMILES string of the molecule is CCOCCCOc1ccc(N2CCC(N)CC2)c(F)c1. The molecular weight excluding hydrogens is 271 g/mol. The summed E-state index contributed by atoms with van der Waals surface area (Å²) in [5.41, 5.74) is 6.52. The van der Waals surface area contributed by atoms with E-state index in [0.29, 0.717) is 31.3 Å². The molecule has 1 aliphatic rings. The first-order valence-corrected chi connectivity index (χ1v) is 7.71. The molecule has 1 aromatic carbocycles. The van der Waals surface area contributed by atoms with E-state index < -0.39 is 0 Å². The first kappa shape index (κ1) is 16.0. The van der Waals surface area contributed by atoms with Crippen molar-refractivity contribution in [2.24, 2.45) is 5.73 Å². The number of hydrogen-bond acceptors (Lipinski definition) is 4. The average Bonchev–Trinajstić information content (AvgIpc) is 2.48. The van der Waals surface area contributed by atoms with E-state index in [1.54, 1.807) is 6.07 Å². The Morgan fingerprint density at radius 3 is 2.71 bits per heavy atom. The summed E-state index contributed by atoms with van der Waals surface area (Å²) >= 11 is 0. The molecule has 0 bridgehead atoms. The highest BCUT2D eigenvalue weighted by atomic mass is 19.1. The molecule has 0 aromatic heterocycles. The second kappa shape index (κ2) is 8.20. The lowest BCUT2D eigenvalue weighted by Gasteiger charge is -2.32. The van der Waals surface area contributed by atoms with Gasteiger partial charge < -0.3 is 20.1 Å². The maximum Gasteiger partial charge on any atom is 0.150 e. The molecule has 0 saturated carbocycles. The van der Waals surface area contributed by atoms with Gasteiger partial charge in [0.2, 0.25) is 0 Å². The molecular formula is C16H25FN2O2. The van der Waals surface area contributed by atoms with Gasteiger partial charge in [-0.1, -0.05) is 0 Å². The molecule has 2 N–H and O–H groups in total. The quantitative estimate of drug-likeness (QED) is 0.786. The minimum absolute atomic E-state index is 0.229. The molecule has 2 rings (SSSR count). The van der Waals surface area contributed by atoms with Crippen molar-refractivity contribution in [1.29, 1.82) is 0 Å². The third-order valence-corrected chi connectivity index (χ3v) is 3.71. The fraction of sp³-hybridized carbons (Fsp3) is 0.625. The Balaban J connectivity index is 1.85. The second-order valence-electron chi connectivity index (χ2n) is 5.34. The number of hydrogen-bond donors (Lipinski definition) is 1. The fourth-order valence-corrected chi connectivity index (χ4v) is 2.47. The van der Waals surface area contributed by atoms with Gasteiger partial charge in [-0.3, -0.25) is 0 Å². The van der Waals surface area contributed by atoms with Gasteiger partial charge in [0.1, 0.15) is 11.6 Å². The summed E-state index contributed by atoms with van der Waals surface area (Å²) < 4.78 is 24.9. The van der Waals surface area contributed by atoms with E-state index in [0.717, 1.165) is 32.4 Å². The molecule has 0 atom stereocenters. The standard InChI is InChI=1S/C16H25FN2O2/c1-2-20-10-3-11-21-14-4-5-16(15(17)12-14)19-8-6-13(18)7-9-19/h4-5,12-13H,2-3,6-11,18H2,1H3. The number of ether oxygens (including phenoxy) is 2. The van der Waals surface area contributed by atoms with Crippen molar-refractivity contribution in [2.45, 2.75) is 32.2 Å². The fourth-order valence-electron chi connectivity index (χ4n) is 2.47. The van der Waals surface area contributed by atoms with Gasteiger partial charge in [0, 0.05) is 44.8 Å². The molecule has 21 heavy (non-hydrogen) atoms. The summed E-state index contributed by atoms with van der Waals surface area (Å²) in [6.45, 7) is 5.51. The summed E-state index contributed by atoms with van der Waals surface area (Å²) in [4.78, 5) is 2.05. The van der Waals surface area contributed by atoms with E-state index in [9.17, 15) is 4.39 Å². The van der Waals surface area contributed by atoms with E-state index >= 15 is 0 Å². The summed E-state index contributed by atoms with van der Waals surface area (Å²) in [6.07, 6.45) is 2.63. The molecule has 5 heteroatoms. The van der Waals surface area contributed by atoms with Crippen molar-refractivity contribution >= 4 is 5.69 Å². The average molecular weight is 296 g/mol. The third-order valence-electron chi connectivity index (χ3n) is 3.71. The van der Waals surface area contributed by atoms with E-state index in [-0.39, 0.29) is 11.9 Å². The minimum atomic E-state index is -0.229. The van der Waals surface area contributed by atoms with Crippen LogP contribution < -0.4 is 15.4 Å². The zero-order valence-electron chi connectivity index (χ0n) is 12.7. The molecule has 1 aliphatic heterocycles. The van der Waals surface area contributed by atoms with Gasteiger partial charge in [-0.25, -0.2) is 4.39 Å². The van der Waals surface area contributed by atoms with Gasteiger partial charge in [0.05, 0.1) is 12.3 Å².